The Morgan fingerprint density at radius 2 is 1.57 bits per heavy atom. The molecule has 2 aromatic rings. The van der Waals surface area contributed by atoms with E-state index in [2.05, 4.69) is 4.72 Å². The Morgan fingerprint density at radius 1 is 0.952 bits per heavy atom. The van der Waals surface area contributed by atoms with Crippen molar-refractivity contribution < 1.29 is 18.6 Å². The second-order valence-corrected chi connectivity index (χ2v) is 6.38. The van der Waals surface area contributed by atoms with Crippen molar-refractivity contribution >= 4 is 21.4 Å². The summed E-state index contributed by atoms with van der Waals surface area (Å²) in [5.41, 5.74) is 1.35. The maximum Gasteiger partial charge on any atom is 0.262 e. The van der Waals surface area contributed by atoms with Gasteiger partial charge in [0.1, 0.15) is 0 Å². The van der Waals surface area contributed by atoms with Crippen LogP contribution in [0.2, 0.25) is 0 Å². The van der Waals surface area contributed by atoms with Gasteiger partial charge in [0.05, 0.1) is 4.90 Å². The highest BCUT2D eigenvalue weighted by Crippen LogP contribution is 2.28. The summed E-state index contributed by atoms with van der Waals surface area (Å²) in [6.07, 6.45) is 0. The molecule has 0 aliphatic heterocycles. The van der Waals surface area contributed by atoms with Crippen molar-refractivity contribution in [3.63, 3.8) is 0 Å². The number of anilines is 2. The van der Waals surface area contributed by atoms with Gasteiger partial charge in [-0.15, -0.1) is 0 Å². The van der Waals surface area contributed by atoms with Crippen LogP contribution in [-0.4, -0.2) is 32.7 Å². The number of rotatable bonds is 4. The Labute approximate surface area is 123 Å². The summed E-state index contributed by atoms with van der Waals surface area (Å²) in [6.45, 7) is 0. The van der Waals surface area contributed by atoms with Gasteiger partial charge >= 0.3 is 0 Å². The Kier molecular flexibility index (Phi) is 3.95. The first-order valence-electron chi connectivity index (χ1n) is 6.12. The highest BCUT2D eigenvalue weighted by Gasteiger charge is 2.16. The topological polar surface area (TPSA) is 89.9 Å². The average Bonchev–Trinajstić information content (AvgIpc) is 2.42. The predicted molar refractivity (Wildman–Crippen MR) is 81.3 cm³/mol. The Bertz CT molecular complexity index is 740. The predicted octanol–water partition coefficient (Wildman–Crippen LogP) is 1.96. The first-order chi connectivity index (χ1) is 9.79. The fraction of sp³-hybridized carbons (Fsp3) is 0.143. The number of sulfonamides is 1. The van der Waals surface area contributed by atoms with Crippen LogP contribution in [0.1, 0.15) is 0 Å². The monoisotopic (exact) mass is 308 g/mol. The molecule has 0 saturated carbocycles. The second kappa shape index (κ2) is 5.53. The molecule has 7 heteroatoms. The molecule has 0 bridgehead atoms. The maximum atomic E-state index is 12.2. The van der Waals surface area contributed by atoms with Gasteiger partial charge in [0.2, 0.25) is 0 Å². The van der Waals surface area contributed by atoms with Crippen molar-refractivity contribution in [2.75, 3.05) is 23.7 Å². The first-order valence-corrected chi connectivity index (χ1v) is 7.60. The van der Waals surface area contributed by atoms with Gasteiger partial charge in [-0.1, -0.05) is 0 Å². The number of aromatic hydroxyl groups is 2. The largest absolute Gasteiger partial charge is 0.504 e. The van der Waals surface area contributed by atoms with E-state index in [1.807, 2.05) is 19.0 Å². The van der Waals surface area contributed by atoms with E-state index < -0.39 is 15.8 Å². The van der Waals surface area contributed by atoms with Crippen molar-refractivity contribution in [1.82, 2.24) is 0 Å². The van der Waals surface area contributed by atoms with Gasteiger partial charge in [-0.3, -0.25) is 4.72 Å². The fourth-order valence-corrected chi connectivity index (χ4v) is 2.79. The van der Waals surface area contributed by atoms with E-state index in [0.717, 1.165) is 17.8 Å². The number of phenols is 2. The molecule has 21 heavy (non-hydrogen) atoms. The molecular weight excluding hydrogens is 292 g/mol. The summed E-state index contributed by atoms with van der Waals surface area (Å²) in [5, 5.41) is 18.6. The molecule has 112 valence electrons. The number of hydrogen-bond acceptors (Lipinski definition) is 5. The molecular formula is C14H16N2O4S. The zero-order valence-corrected chi connectivity index (χ0v) is 12.4. The fourth-order valence-electron chi connectivity index (χ4n) is 1.71. The molecule has 0 atom stereocenters. The summed E-state index contributed by atoms with van der Waals surface area (Å²) < 4.78 is 26.7. The van der Waals surface area contributed by atoms with E-state index in [0.29, 0.717) is 5.69 Å². The lowest BCUT2D eigenvalue weighted by Gasteiger charge is -2.13. The number of nitrogens with zero attached hydrogens (tertiary/aromatic N) is 1. The molecule has 2 aromatic carbocycles. The number of hydrogen-bond donors (Lipinski definition) is 3. The number of phenolic OH excluding ortho intramolecular Hbond substituents is 2. The van der Waals surface area contributed by atoms with Crippen LogP contribution in [0.3, 0.4) is 0 Å². The van der Waals surface area contributed by atoms with E-state index in [1.54, 1.807) is 24.3 Å². The number of nitrogens with one attached hydrogen (secondary N) is 1. The van der Waals surface area contributed by atoms with Crippen LogP contribution in [0.15, 0.2) is 47.4 Å². The summed E-state index contributed by atoms with van der Waals surface area (Å²) in [6, 6.07) is 10.2. The average molecular weight is 308 g/mol. The second-order valence-electron chi connectivity index (χ2n) is 4.70. The van der Waals surface area contributed by atoms with Crippen LogP contribution in [-0.2, 0) is 10.0 Å². The van der Waals surface area contributed by atoms with Crippen molar-refractivity contribution in [2.24, 2.45) is 0 Å². The minimum absolute atomic E-state index is 0.130. The SMILES string of the molecule is CN(C)c1ccc(NS(=O)(=O)c2ccc(O)c(O)c2)cc1. The van der Waals surface area contributed by atoms with Gasteiger partial charge in [0.25, 0.3) is 10.0 Å². The molecule has 0 radical (unpaired) electrons. The molecule has 0 spiro atoms. The van der Waals surface area contributed by atoms with Gasteiger partial charge in [0.15, 0.2) is 11.5 Å². The van der Waals surface area contributed by atoms with Crippen LogP contribution in [0, 0.1) is 0 Å². The molecule has 3 N–H and O–H groups in total. The van der Waals surface area contributed by atoms with Crippen LogP contribution in [0.4, 0.5) is 11.4 Å². The number of benzene rings is 2. The molecule has 2 rings (SSSR count). The molecule has 0 aromatic heterocycles. The van der Waals surface area contributed by atoms with Crippen molar-refractivity contribution in [1.29, 1.82) is 0 Å². The lowest BCUT2D eigenvalue weighted by atomic mass is 10.3. The highest BCUT2D eigenvalue weighted by atomic mass is 32.2. The normalized spacial score (nSPS) is 11.1. The standard InChI is InChI=1S/C14H16N2O4S/c1-16(2)11-5-3-10(4-6-11)15-21(19,20)12-7-8-13(17)14(18)9-12/h3-9,15,17-18H,1-2H3. The maximum absolute atomic E-state index is 12.2. The highest BCUT2D eigenvalue weighted by molar-refractivity contribution is 7.92. The third-order valence-electron chi connectivity index (χ3n) is 2.89. The van der Waals surface area contributed by atoms with Gasteiger partial charge in [-0.25, -0.2) is 8.42 Å². The summed E-state index contributed by atoms with van der Waals surface area (Å²) in [7, 11) is -0.0458. The Balaban J connectivity index is 2.26. The van der Waals surface area contributed by atoms with Crippen LogP contribution in [0.5, 0.6) is 11.5 Å². The van der Waals surface area contributed by atoms with Crippen LogP contribution < -0.4 is 9.62 Å². The molecule has 0 heterocycles. The van der Waals surface area contributed by atoms with Crippen molar-refractivity contribution in [3.05, 3.63) is 42.5 Å². The minimum atomic E-state index is -3.82. The van der Waals surface area contributed by atoms with Gasteiger partial charge in [-0.2, -0.15) is 0 Å². The third-order valence-corrected chi connectivity index (χ3v) is 4.27. The molecule has 0 aliphatic rings. The first kappa shape index (κ1) is 15.0. The van der Waals surface area contributed by atoms with E-state index in [4.69, 9.17) is 0 Å². The lowest BCUT2D eigenvalue weighted by Crippen LogP contribution is -2.13. The van der Waals surface area contributed by atoms with Gasteiger partial charge in [0, 0.05) is 31.5 Å². The van der Waals surface area contributed by atoms with Gasteiger partial charge in [-0.05, 0) is 36.4 Å². The van der Waals surface area contributed by atoms with Gasteiger partial charge < -0.3 is 15.1 Å². The summed E-state index contributed by atoms with van der Waals surface area (Å²) in [4.78, 5) is 1.77. The van der Waals surface area contributed by atoms with E-state index in [1.165, 1.54) is 6.07 Å². The Hall–Kier alpha value is -2.41. The smallest absolute Gasteiger partial charge is 0.262 e. The zero-order chi connectivity index (χ0) is 15.6. The molecule has 0 fully saturated rings. The van der Waals surface area contributed by atoms with Crippen molar-refractivity contribution in [3.8, 4) is 11.5 Å². The molecule has 0 amide bonds. The zero-order valence-electron chi connectivity index (χ0n) is 11.6. The summed E-state index contributed by atoms with van der Waals surface area (Å²) in [5.74, 6) is -0.856. The van der Waals surface area contributed by atoms with Crippen LogP contribution >= 0.6 is 0 Å². The quantitative estimate of drug-likeness (QED) is 0.751. The Morgan fingerprint density at radius 3 is 2.10 bits per heavy atom. The molecule has 0 aliphatic carbocycles. The molecule has 0 saturated heterocycles. The third kappa shape index (κ3) is 3.38. The minimum Gasteiger partial charge on any atom is -0.504 e. The van der Waals surface area contributed by atoms with E-state index in [-0.39, 0.29) is 10.6 Å². The molecule has 0 unspecified atom stereocenters. The van der Waals surface area contributed by atoms with Crippen molar-refractivity contribution in [2.45, 2.75) is 4.90 Å². The van der Waals surface area contributed by atoms with E-state index >= 15 is 0 Å². The molecule has 6 nitrogen and oxygen atoms in total. The van der Waals surface area contributed by atoms with Crippen LogP contribution in [0.25, 0.3) is 0 Å². The van der Waals surface area contributed by atoms with E-state index in [9.17, 15) is 18.6 Å². The lowest BCUT2D eigenvalue weighted by molar-refractivity contribution is 0.402. The summed E-state index contributed by atoms with van der Waals surface area (Å²) >= 11 is 0.